The first-order valence-corrected chi connectivity index (χ1v) is 6.73. The third-order valence-electron chi connectivity index (χ3n) is 2.93. The molecule has 0 saturated carbocycles. The van der Waals surface area contributed by atoms with Gasteiger partial charge >= 0.3 is 0 Å². The van der Waals surface area contributed by atoms with E-state index in [2.05, 4.69) is 39.9 Å². The van der Waals surface area contributed by atoms with Gasteiger partial charge in [-0.05, 0) is 44.4 Å². The highest BCUT2D eigenvalue weighted by Gasteiger charge is 2.28. The SMILES string of the molecule is CC(C)CC(CC(=O)NC(C)(C)C)C(C)(C)C. The van der Waals surface area contributed by atoms with Gasteiger partial charge in [0.15, 0.2) is 0 Å². The lowest BCUT2D eigenvalue weighted by atomic mass is 9.74. The molecule has 0 aliphatic rings. The summed E-state index contributed by atoms with van der Waals surface area (Å²) in [7, 11) is 0. The van der Waals surface area contributed by atoms with Crippen molar-refractivity contribution in [3.05, 3.63) is 0 Å². The van der Waals surface area contributed by atoms with Crippen molar-refractivity contribution in [3.63, 3.8) is 0 Å². The lowest BCUT2D eigenvalue weighted by Crippen LogP contribution is -2.42. The summed E-state index contributed by atoms with van der Waals surface area (Å²) in [5, 5.41) is 3.06. The molecule has 0 saturated heterocycles. The van der Waals surface area contributed by atoms with Crippen molar-refractivity contribution in [2.24, 2.45) is 17.3 Å². The van der Waals surface area contributed by atoms with Gasteiger partial charge < -0.3 is 5.32 Å². The van der Waals surface area contributed by atoms with Crippen molar-refractivity contribution < 1.29 is 4.79 Å². The maximum atomic E-state index is 12.0. The molecule has 1 amide bonds. The van der Waals surface area contributed by atoms with E-state index in [4.69, 9.17) is 0 Å². The van der Waals surface area contributed by atoms with Crippen LogP contribution in [0.3, 0.4) is 0 Å². The van der Waals surface area contributed by atoms with Gasteiger partial charge in [-0.15, -0.1) is 0 Å². The fraction of sp³-hybridized carbons (Fsp3) is 0.933. The number of carbonyl (C=O) groups excluding carboxylic acids is 1. The number of hydrogen-bond donors (Lipinski definition) is 1. The van der Waals surface area contributed by atoms with Crippen molar-refractivity contribution in [2.45, 2.75) is 73.8 Å². The molecule has 0 spiro atoms. The molecule has 0 aromatic heterocycles. The van der Waals surface area contributed by atoms with Gasteiger partial charge in [0, 0.05) is 12.0 Å². The van der Waals surface area contributed by atoms with Crippen molar-refractivity contribution in [3.8, 4) is 0 Å². The number of nitrogens with one attached hydrogen (secondary N) is 1. The smallest absolute Gasteiger partial charge is 0.220 e. The first-order chi connectivity index (χ1) is 7.42. The number of carbonyl (C=O) groups is 1. The van der Waals surface area contributed by atoms with Gasteiger partial charge in [0.1, 0.15) is 0 Å². The molecule has 2 nitrogen and oxygen atoms in total. The summed E-state index contributed by atoms with van der Waals surface area (Å²) in [6, 6.07) is 0. The average Bonchev–Trinajstić information content (AvgIpc) is 1.95. The Labute approximate surface area is 108 Å². The quantitative estimate of drug-likeness (QED) is 0.792. The molecule has 0 rings (SSSR count). The zero-order valence-electron chi connectivity index (χ0n) is 13.0. The minimum atomic E-state index is -0.128. The molecule has 0 bridgehead atoms. The Bertz CT molecular complexity index is 243. The van der Waals surface area contributed by atoms with E-state index in [1.807, 2.05) is 20.8 Å². The fourth-order valence-electron chi connectivity index (χ4n) is 2.01. The molecular weight excluding hydrogens is 210 g/mol. The highest BCUT2D eigenvalue weighted by Crippen LogP contribution is 2.33. The van der Waals surface area contributed by atoms with E-state index >= 15 is 0 Å². The Morgan fingerprint density at radius 1 is 1.06 bits per heavy atom. The first kappa shape index (κ1) is 16.5. The second kappa shape index (κ2) is 5.88. The molecule has 17 heavy (non-hydrogen) atoms. The zero-order chi connectivity index (χ0) is 13.9. The molecule has 2 heteroatoms. The van der Waals surface area contributed by atoms with Crippen LogP contribution in [0.15, 0.2) is 0 Å². The summed E-state index contributed by atoms with van der Waals surface area (Å²) in [5.41, 5.74) is 0.0663. The van der Waals surface area contributed by atoms with Crippen LogP contribution in [0.25, 0.3) is 0 Å². The Morgan fingerprint density at radius 2 is 1.53 bits per heavy atom. The molecule has 0 aliphatic carbocycles. The zero-order valence-corrected chi connectivity index (χ0v) is 13.0. The monoisotopic (exact) mass is 241 g/mol. The van der Waals surface area contributed by atoms with Gasteiger partial charge in [-0.1, -0.05) is 34.6 Å². The second-order valence-corrected chi connectivity index (χ2v) is 7.69. The van der Waals surface area contributed by atoms with E-state index in [1.54, 1.807) is 0 Å². The van der Waals surface area contributed by atoms with Gasteiger partial charge in [0.2, 0.25) is 5.91 Å². The number of rotatable bonds is 4. The van der Waals surface area contributed by atoms with Crippen molar-refractivity contribution in [2.75, 3.05) is 0 Å². The topological polar surface area (TPSA) is 29.1 Å². The molecule has 0 heterocycles. The van der Waals surface area contributed by atoms with E-state index in [1.165, 1.54) is 0 Å². The third-order valence-corrected chi connectivity index (χ3v) is 2.93. The minimum Gasteiger partial charge on any atom is -0.352 e. The second-order valence-electron chi connectivity index (χ2n) is 7.69. The van der Waals surface area contributed by atoms with Crippen LogP contribution in [0.5, 0.6) is 0 Å². The molecule has 1 N–H and O–H groups in total. The van der Waals surface area contributed by atoms with Crippen molar-refractivity contribution in [1.29, 1.82) is 0 Å². The van der Waals surface area contributed by atoms with E-state index < -0.39 is 0 Å². The summed E-state index contributed by atoms with van der Waals surface area (Å²) in [6.45, 7) is 17.2. The molecule has 0 fully saturated rings. The van der Waals surface area contributed by atoms with Crippen LogP contribution in [0, 0.1) is 17.3 Å². The Morgan fingerprint density at radius 3 is 1.82 bits per heavy atom. The predicted octanol–water partition coefficient (Wildman–Crippen LogP) is 4.00. The Balaban J connectivity index is 4.50. The van der Waals surface area contributed by atoms with E-state index in [9.17, 15) is 4.79 Å². The summed E-state index contributed by atoms with van der Waals surface area (Å²) in [6.07, 6.45) is 1.75. The molecular formula is C15H31NO. The van der Waals surface area contributed by atoms with E-state index in [0.717, 1.165) is 6.42 Å². The molecule has 0 aliphatic heterocycles. The Kier molecular flexibility index (Phi) is 5.70. The average molecular weight is 241 g/mol. The minimum absolute atomic E-state index is 0.128. The van der Waals surface area contributed by atoms with Gasteiger partial charge in [0.25, 0.3) is 0 Å². The van der Waals surface area contributed by atoms with Gasteiger partial charge in [-0.25, -0.2) is 0 Å². The van der Waals surface area contributed by atoms with Crippen LogP contribution in [0.4, 0.5) is 0 Å². The first-order valence-electron chi connectivity index (χ1n) is 6.73. The fourth-order valence-corrected chi connectivity index (χ4v) is 2.01. The lowest BCUT2D eigenvalue weighted by Gasteiger charge is -2.33. The van der Waals surface area contributed by atoms with Crippen LogP contribution < -0.4 is 5.32 Å². The standard InChI is InChI=1S/C15H31NO/c1-11(2)9-12(14(3,4)5)10-13(17)16-15(6,7)8/h11-12H,9-10H2,1-8H3,(H,16,17). The molecule has 0 radical (unpaired) electrons. The number of amides is 1. The van der Waals surface area contributed by atoms with Gasteiger partial charge in [-0.2, -0.15) is 0 Å². The van der Waals surface area contributed by atoms with Gasteiger partial charge in [-0.3, -0.25) is 4.79 Å². The third kappa shape index (κ3) is 8.23. The summed E-state index contributed by atoms with van der Waals surface area (Å²) in [4.78, 5) is 12.0. The van der Waals surface area contributed by atoms with E-state index in [0.29, 0.717) is 18.3 Å². The van der Waals surface area contributed by atoms with Crippen molar-refractivity contribution in [1.82, 2.24) is 5.32 Å². The van der Waals surface area contributed by atoms with Crippen LogP contribution in [-0.2, 0) is 4.79 Å². The largest absolute Gasteiger partial charge is 0.352 e. The summed E-state index contributed by atoms with van der Waals surface area (Å²) >= 11 is 0. The molecule has 102 valence electrons. The highest BCUT2D eigenvalue weighted by atomic mass is 16.1. The summed E-state index contributed by atoms with van der Waals surface area (Å²) < 4.78 is 0. The van der Waals surface area contributed by atoms with Crippen LogP contribution >= 0.6 is 0 Å². The normalized spacial score (nSPS) is 14.9. The maximum absolute atomic E-state index is 12.0. The predicted molar refractivity (Wildman–Crippen MR) is 74.9 cm³/mol. The lowest BCUT2D eigenvalue weighted by molar-refractivity contribution is -0.124. The van der Waals surface area contributed by atoms with Crippen LogP contribution in [-0.4, -0.2) is 11.4 Å². The summed E-state index contributed by atoms with van der Waals surface area (Å²) in [5.74, 6) is 1.27. The highest BCUT2D eigenvalue weighted by molar-refractivity contribution is 5.77. The van der Waals surface area contributed by atoms with E-state index in [-0.39, 0.29) is 16.9 Å². The van der Waals surface area contributed by atoms with Gasteiger partial charge in [0.05, 0.1) is 0 Å². The van der Waals surface area contributed by atoms with Crippen LogP contribution in [0.1, 0.15) is 68.2 Å². The Hall–Kier alpha value is -0.530. The number of hydrogen-bond acceptors (Lipinski definition) is 1. The molecule has 0 aromatic rings. The maximum Gasteiger partial charge on any atom is 0.220 e. The van der Waals surface area contributed by atoms with Crippen molar-refractivity contribution >= 4 is 5.91 Å². The molecule has 1 atom stereocenters. The molecule has 0 aromatic carbocycles. The molecule has 1 unspecified atom stereocenters. The van der Waals surface area contributed by atoms with Crippen LogP contribution in [0.2, 0.25) is 0 Å².